The van der Waals surface area contributed by atoms with E-state index in [1.165, 1.54) is 0 Å². The third-order valence-electron chi connectivity index (χ3n) is 2.97. The highest BCUT2D eigenvalue weighted by molar-refractivity contribution is 6.04. The Labute approximate surface area is 92.0 Å². The molecule has 0 bridgehead atoms. The minimum atomic E-state index is -1.17. The number of hydrogen-bond acceptors (Lipinski definition) is 3. The number of nitrogens with zero attached hydrogens (tertiary/aromatic N) is 1. The zero-order valence-corrected chi connectivity index (χ0v) is 8.91. The number of aromatic nitrogens is 2. The van der Waals surface area contributed by atoms with Crippen molar-refractivity contribution in [1.82, 2.24) is 15.5 Å². The van der Waals surface area contributed by atoms with Gasteiger partial charge in [0.05, 0.1) is 6.20 Å². The molecule has 0 unspecified atom stereocenters. The predicted octanol–water partition coefficient (Wildman–Crippen LogP) is 0.199. The fraction of sp³-hybridized carbons (Fsp3) is 0.500. The molecule has 1 aromatic heterocycles. The van der Waals surface area contributed by atoms with Crippen LogP contribution in [0.4, 0.5) is 0 Å². The van der Waals surface area contributed by atoms with Gasteiger partial charge in [-0.3, -0.25) is 14.7 Å². The minimum Gasteiger partial charge on any atom is -0.480 e. The number of H-pyrrole nitrogens is 1. The summed E-state index contributed by atoms with van der Waals surface area (Å²) in [5.41, 5.74) is 0.576. The molecule has 0 aliphatic heterocycles. The van der Waals surface area contributed by atoms with Gasteiger partial charge < -0.3 is 10.4 Å². The van der Waals surface area contributed by atoms with Crippen molar-refractivity contribution in [3.05, 3.63) is 17.5 Å². The van der Waals surface area contributed by atoms with Gasteiger partial charge in [-0.2, -0.15) is 5.10 Å². The first-order chi connectivity index (χ1) is 7.56. The van der Waals surface area contributed by atoms with E-state index in [0.29, 0.717) is 19.4 Å². The fourth-order valence-electron chi connectivity index (χ4n) is 1.56. The van der Waals surface area contributed by atoms with Crippen LogP contribution < -0.4 is 5.32 Å². The first kappa shape index (κ1) is 10.7. The van der Waals surface area contributed by atoms with Crippen molar-refractivity contribution in [2.45, 2.75) is 26.3 Å². The molecule has 0 radical (unpaired) electrons. The number of hydrogen-bond donors (Lipinski definition) is 3. The summed E-state index contributed by atoms with van der Waals surface area (Å²) in [5.74, 6) is -1.44. The van der Waals surface area contributed by atoms with Crippen molar-refractivity contribution >= 4 is 11.9 Å². The second-order valence-corrected chi connectivity index (χ2v) is 4.09. The summed E-state index contributed by atoms with van der Waals surface area (Å²) in [6, 6.07) is 0. The normalized spacial score (nSPS) is 16.8. The van der Waals surface area contributed by atoms with Crippen LogP contribution in [0, 0.1) is 12.3 Å². The maximum absolute atomic E-state index is 11.7. The largest absolute Gasteiger partial charge is 0.480 e. The molecular formula is C10H13N3O3. The van der Waals surface area contributed by atoms with Gasteiger partial charge in [0.2, 0.25) is 5.91 Å². The molecule has 1 aliphatic rings. The molecule has 0 spiro atoms. The van der Waals surface area contributed by atoms with Gasteiger partial charge in [0.1, 0.15) is 5.41 Å². The lowest BCUT2D eigenvalue weighted by Gasteiger charge is -2.10. The lowest BCUT2D eigenvalue weighted by molar-refractivity contribution is -0.149. The average Bonchev–Trinajstić information content (AvgIpc) is 2.95. The van der Waals surface area contributed by atoms with Gasteiger partial charge in [-0.05, 0) is 19.8 Å². The number of aryl methyl sites for hydroxylation is 1. The highest BCUT2D eigenvalue weighted by Gasteiger charge is 2.56. The lowest BCUT2D eigenvalue weighted by Crippen LogP contribution is -2.36. The van der Waals surface area contributed by atoms with Crippen LogP contribution in [0.25, 0.3) is 0 Å². The van der Waals surface area contributed by atoms with E-state index in [-0.39, 0.29) is 0 Å². The van der Waals surface area contributed by atoms with Crippen LogP contribution in [-0.4, -0.2) is 27.2 Å². The topological polar surface area (TPSA) is 95.1 Å². The summed E-state index contributed by atoms with van der Waals surface area (Å²) in [6.45, 7) is 2.16. The number of carboxylic acid groups (broad SMARTS) is 1. The number of aromatic amines is 1. The second kappa shape index (κ2) is 3.62. The van der Waals surface area contributed by atoms with Crippen LogP contribution in [0.2, 0.25) is 0 Å². The fourth-order valence-corrected chi connectivity index (χ4v) is 1.56. The quantitative estimate of drug-likeness (QED) is 0.635. The van der Waals surface area contributed by atoms with Crippen LogP contribution in [0.15, 0.2) is 6.20 Å². The molecular weight excluding hydrogens is 210 g/mol. The Morgan fingerprint density at radius 1 is 1.62 bits per heavy atom. The average molecular weight is 223 g/mol. The van der Waals surface area contributed by atoms with Crippen molar-refractivity contribution in [2.24, 2.45) is 5.41 Å². The van der Waals surface area contributed by atoms with Crippen molar-refractivity contribution in [1.29, 1.82) is 0 Å². The van der Waals surface area contributed by atoms with E-state index in [0.717, 1.165) is 11.3 Å². The van der Waals surface area contributed by atoms with E-state index in [9.17, 15) is 9.59 Å². The predicted molar refractivity (Wildman–Crippen MR) is 54.5 cm³/mol. The zero-order chi connectivity index (χ0) is 11.8. The number of amides is 1. The van der Waals surface area contributed by atoms with Gasteiger partial charge in [0, 0.05) is 17.8 Å². The second-order valence-electron chi connectivity index (χ2n) is 4.09. The zero-order valence-electron chi connectivity index (χ0n) is 8.91. The molecule has 1 fully saturated rings. The number of rotatable bonds is 4. The standard InChI is InChI=1S/C10H13N3O3/c1-6-7(5-12-13-6)4-11-8(14)10(2-3-10)9(15)16/h5H,2-4H2,1H3,(H,11,14)(H,12,13)(H,15,16). The van der Waals surface area contributed by atoms with Crippen LogP contribution >= 0.6 is 0 Å². The first-order valence-electron chi connectivity index (χ1n) is 5.07. The number of carbonyl (C=O) groups is 2. The maximum atomic E-state index is 11.7. The third-order valence-corrected chi connectivity index (χ3v) is 2.97. The van der Waals surface area contributed by atoms with E-state index in [1.807, 2.05) is 6.92 Å². The molecule has 0 atom stereocenters. The smallest absolute Gasteiger partial charge is 0.319 e. The Morgan fingerprint density at radius 3 is 2.75 bits per heavy atom. The van der Waals surface area contributed by atoms with E-state index >= 15 is 0 Å². The Morgan fingerprint density at radius 2 is 2.31 bits per heavy atom. The van der Waals surface area contributed by atoms with Crippen molar-refractivity contribution in [3.63, 3.8) is 0 Å². The minimum absolute atomic E-state index is 0.316. The molecule has 0 aromatic carbocycles. The highest BCUT2D eigenvalue weighted by atomic mass is 16.4. The van der Waals surface area contributed by atoms with Crippen LogP contribution in [0.5, 0.6) is 0 Å². The number of nitrogens with one attached hydrogen (secondary N) is 2. The Balaban J connectivity index is 1.95. The van der Waals surface area contributed by atoms with Gasteiger partial charge in [-0.25, -0.2) is 0 Å². The summed E-state index contributed by atoms with van der Waals surface area (Å²) in [7, 11) is 0. The molecule has 1 aliphatic carbocycles. The first-order valence-corrected chi connectivity index (χ1v) is 5.07. The molecule has 86 valence electrons. The molecule has 1 saturated carbocycles. The summed E-state index contributed by atoms with van der Waals surface area (Å²) in [4.78, 5) is 22.5. The van der Waals surface area contributed by atoms with Crippen LogP contribution in [0.1, 0.15) is 24.1 Å². The van der Waals surface area contributed by atoms with Gasteiger partial charge in [-0.15, -0.1) is 0 Å². The molecule has 6 nitrogen and oxygen atoms in total. The Kier molecular flexibility index (Phi) is 2.41. The SMILES string of the molecule is Cc1[nH]ncc1CNC(=O)C1(C(=O)O)CC1. The van der Waals surface area contributed by atoms with Gasteiger partial charge in [0.25, 0.3) is 0 Å². The summed E-state index contributed by atoms with van der Waals surface area (Å²) >= 11 is 0. The molecule has 3 N–H and O–H groups in total. The van der Waals surface area contributed by atoms with Gasteiger partial charge in [-0.1, -0.05) is 0 Å². The number of carboxylic acids is 1. The molecule has 16 heavy (non-hydrogen) atoms. The van der Waals surface area contributed by atoms with Gasteiger partial charge >= 0.3 is 5.97 Å². The molecule has 1 heterocycles. The van der Waals surface area contributed by atoms with E-state index in [4.69, 9.17) is 5.11 Å². The monoisotopic (exact) mass is 223 g/mol. The Bertz CT molecular complexity index is 434. The molecule has 1 aromatic rings. The number of carbonyl (C=O) groups excluding carboxylic acids is 1. The van der Waals surface area contributed by atoms with Crippen molar-refractivity contribution in [3.8, 4) is 0 Å². The van der Waals surface area contributed by atoms with E-state index in [2.05, 4.69) is 15.5 Å². The van der Waals surface area contributed by atoms with Crippen molar-refractivity contribution in [2.75, 3.05) is 0 Å². The Hall–Kier alpha value is -1.85. The van der Waals surface area contributed by atoms with Crippen molar-refractivity contribution < 1.29 is 14.7 Å². The van der Waals surface area contributed by atoms with Crippen LogP contribution in [0.3, 0.4) is 0 Å². The summed E-state index contributed by atoms with van der Waals surface area (Å²) in [6.07, 6.45) is 2.48. The summed E-state index contributed by atoms with van der Waals surface area (Å²) < 4.78 is 0. The highest BCUT2D eigenvalue weighted by Crippen LogP contribution is 2.46. The van der Waals surface area contributed by atoms with E-state index < -0.39 is 17.3 Å². The molecule has 6 heteroatoms. The number of aliphatic carboxylic acids is 1. The van der Waals surface area contributed by atoms with Crippen LogP contribution in [-0.2, 0) is 16.1 Å². The third kappa shape index (κ3) is 1.66. The van der Waals surface area contributed by atoms with Gasteiger partial charge in [0.15, 0.2) is 0 Å². The maximum Gasteiger partial charge on any atom is 0.319 e. The van der Waals surface area contributed by atoms with E-state index in [1.54, 1.807) is 6.20 Å². The molecule has 0 saturated heterocycles. The lowest BCUT2D eigenvalue weighted by atomic mass is 10.1. The molecule has 2 rings (SSSR count). The molecule has 1 amide bonds. The summed E-state index contributed by atoms with van der Waals surface area (Å²) in [5, 5.41) is 18.1.